The molecule has 1 N–H and O–H groups in total. The molecule has 0 fully saturated rings. The van der Waals surface area contributed by atoms with Crippen molar-refractivity contribution in [2.45, 2.75) is 26.9 Å². The van der Waals surface area contributed by atoms with Crippen molar-refractivity contribution in [2.75, 3.05) is 5.32 Å². The summed E-state index contributed by atoms with van der Waals surface area (Å²) in [4.78, 5) is 24.3. The van der Waals surface area contributed by atoms with Gasteiger partial charge in [-0.25, -0.2) is 4.79 Å². The van der Waals surface area contributed by atoms with Gasteiger partial charge in [-0.05, 0) is 51.1 Å². The lowest BCUT2D eigenvalue weighted by molar-refractivity contribution is -0.123. The second-order valence-corrected chi connectivity index (χ2v) is 5.61. The van der Waals surface area contributed by atoms with E-state index in [1.165, 1.54) is 6.92 Å². The van der Waals surface area contributed by atoms with Gasteiger partial charge >= 0.3 is 5.97 Å². The molecule has 0 spiro atoms. The number of ether oxygens (including phenoxy) is 1. The number of rotatable bonds is 4. The van der Waals surface area contributed by atoms with E-state index in [9.17, 15) is 9.59 Å². The van der Waals surface area contributed by atoms with Crippen LogP contribution in [0.4, 0.5) is 5.69 Å². The predicted octanol–water partition coefficient (Wildman–Crippen LogP) is 3.36. The van der Waals surface area contributed by atoms with Gasteiger partial charge in [-0.2, -0.15) is 5.26 Å². The van der Waals surface area contributed by atoms with Crippen LogP contribution in [0.15, 0.2) is 42.5 Å². The lowest BCUT2D eigenvalue weighted by Gasteiger charge is -2.14. The van der Waals surface area contributed by atoms with Gasteiger partial charge in [0.1, 0.15) is 0 Å². The molecule has 0 aliphatic heterocycles. The van der Waals surface area contributed by atoms with E-state index in [4.69, 9.17) is 10.00 Å². The Balaban J connectivity index is 2.03. The van der Waals surface area contributed by atoms with Gasteiger partial charge in [0.05, 0.1) is 17.2 Å². The standard InChI is InChI=1S/C19H18N2O3/c1-12-7-13(2)9-16(8-12)19(23)24-14(3)18(22)21-17-6-4-5-15(10-17)11-20/h4-10,14H,1-3H3,(H,21,22)/t14-/m1/s1. The fourth-order valence-corrected chi connectivity index (χ4v) is 2.29. The number of hydrogen-bond donors (Lipinski definition) is 1. The van der Waals surface area contributed by atoms with E-state index in [0.717, 1.165) is 11.1 Å². The van der Waals surface area contributed by atoms with Crippen LogP contribution in [0, 0.1) is 25.2 Å². The summed E-state index contributed by atoms with van der Waals surface area (Å²) >= 11 is 0. The van der Waals surface area contributed by atoms with Crippen LogP contribution in [0.1, 0.15) is 34.0 Å². The summed E-state index contributed by atoms with van der Waals surface area (Å²) in [5, 5.41) is 11.5. The molecular weight excluding hydrogens is 304 g/mol. The van der Waals surface area contributed by atoms with Gasteiger partial charge in [-0.1, -0.05) is 23.3 Å². The van der Waals surface area contributed by atoms with Gasteiger partial charge in [0, 0.05) is 5.69 Å². The third-order valence-corrected chi connectivity index (χ3v) is 3.37. The average molecular weight is 322 g/mol. The Morgan fingerprint density at radius 3 is 2.42 bits per heavy atom. The first-order valence-electron chi connectivity index (χ1n) is 7.49. The Kier molecular flexibility index (Phi) is 5.33. The van der Waals surface area contributed by atoms with Gasteiger partial charge in [0.2, 0.25) is 0 Å². The highest BCUT2D eigenvalue weighted by Crippen LogP contribution is 2.13. The topological polar surface area (TPSA) is 79.2 Å². The van der Waals surface area contributed by atoms with Gasteiger partial charge in [-0.15, -0.1) is 0 Å². The maximum atomic E-state index is 12.2. The number of aryl methyl sites for hydroxylation is 2. The number of nitrogens with one attached hydrogen (secondary N) is 1. The SMILES string of the molecule is Cc1cc(C)cc(C(=O)O[C@H](C)C(=O)Nc2cccc(C#N)c2)c1. The quantitative estimate of drug-likeness (QED) is 0.875. The molecule has 122 valence electrons. The second kappa shape index (κ2) is 7.42. The monoisotopic (exact) mass is 322 g/mol. The molecule has 0 unspecified atom stereocenters. The number of nitriles is 1. The van der Waals surface area contributed by atoms with Gasteiger partial charge in [-0.3, -0.25) is 4.79 Å². The van der Waals surface area contributed by atoms with E-state index in [-0.39, 0.29) is 0 Å². The molecule has 0 aliphatic rings. The largest absolute Gasteiger partial charge is 0.449 e. The fourth-order valence-electron chi connectivity index (χ4n) is 2.29. The number of nitrogens with zero attached hydrogens (tertiary/aromatic N) is 1. The van der Waals surface area contributed by atoms with E-state index in [1.54, 1.807) is 36.4 Å². The van der Waals surface area contributed by atoms with E-state index < -0.39 is 18.0 Å². The van der Waals surface area contributed by atoms with Crippen LogP contribution < -0.4 is 5.32 Å². The molecule has 5 nitrogen and oxygen atoms in total. The number of benzene rings is 2. The summed E-state index contributed by atoms with van der Waals surface area (Å²) in [6.07, 6.45) is -0.955. The summed E-state index contributed by atoms with van der Waals surface area (Å²) in [6.45, 7) is 5.29. The third kappa shape index (κ3) is 4.43. The van der Waals surface area contributed by atoms with Crippen LogP contribution in [0.2, 0.25) is 0 Å². The van der Waals surface area contributed by atoms with Crippen LogP contribution in [0.3, 0.4) is 0 Å². The van der Waals surface area contributed by atoms with Gasteiger partial charge in [0.25, 0.3) is 5.91 Å². The Morgan fingerprint density at radius 1 is 1.12 bits per heavy atom. The van der Waals surface area contributed by atoms with E-state index in [2.05, 4.69) is 5.32 Å². The molecule has 1 atom stereocenters. The number of carbonyl (C=O) groups excluding carboxylic acids is 2. The summed E-state index contributed by atoms with van der Waals surface area (Å²) in [5.41, 5.74) is 3.24. The van der Waals surface area contributed by atoms with E-state index in [0.29, 0.717) is 16.8 Å². The summed E-state index contributed by atoms with van der Waals surface area (Å²) in [6, 6.07) is 13.9. The Labute approximate surface area is 140 Å². The third-order valence-electron chi connectivity index (χ3n) is 3.37. The van der Waals surface area contributed by atoms with Crippen LogP contribution >= 0.6 is 0 Å². The molecular formula is C19H18N2O3. The molecule has 2 rings (SSSR count). The molecule has 24 heavy (non-hydrogen) atoms. The fraction of sp³-hybridized carbons (Fsp3) is 0.211. The lowest BCUT2D eigenvalue weighted by atomic mass is 10.1. The van der Waals surface area contributed by atoms with Gasteiger partial charge < -0.3 is 10.1 Å². The first-order chi connectivity index (χ1) is 11.4. The van der Waals surface area contributed by atoms with Crippen LogP contribution in [0.25, 0.3) is 0 Å². The Hall–Kier alpha value is -3.13. The number of hydrogen-bond acceptors (Lipinski definition) is 4. The number of esters is 1. The van der Waals surface area contributed by atoms with Crippen molar-refractivity contribution in [1.29, 1.82) is 5.26 Å². The zero-order chi connectivity index (χ0) is 17.7. The number of amides is 1. The molecule has 0 aliphatic carbocycles. The van der Waals surface area contributed by atoms with Gasteiger partial charge in [0.15, 0.2) is 6.10 Å². The predicted molar refractivity (Wildman–Crippen MR) is 90.6 cm³/mol. The van der Waals surface area contributed by atoms with E-state index >= 15 is 0 Å². The van der Waals surface area contributed by atoms with Crippen molar-refractivity contribution in [1.82, 2.24) is 0 Å². The zero-order valence-electron chi connectivity index (χ0n) is 13.8. The van der Waals surface area contributed by atoms with Crippen molar-refractivity contribution in [3.63, 3.8) is 0 Å². The molecule has 2 aromatic rings. The maximum Gasteiger partial charge on any atom is 0.338 e. The maximum absolute atomic E-state index is 12.2. The summed E-state index contributed by atoms with van der Waals surface area (Å²) in [5.74, 6) is -1.00. The average Bonchev–Trinajstić information content (AvgIpc) is 2.54. The molecule has 0 aromatic heterocycles. The normalized spacial score (nSPS) is 11.2. The highest BCUT2D eigenvalue weighted by molar-refractivity contribution is 5.97. The first kappa shape index (κ1) is 17.2. The molecule has 5 heteroatoms. The first-order valence-corrected chi connectivity index (χ1v) is 7.49. The van der Waals surface area contributed by atoms with Crippen LogP contribution in [-0.2, 0) is 9.53 Å². The molecule has 0 bridgehead atoms. The summed E-state index contributed by atoms with van der Waals surface area (Å²) in [7, 11) is 0. The molecule has 0 saturated carbocycles. The van der Waals surface area contributed by atoms with Crippen LogP contribution in [-0.4, -0.2) is 18.0 Å². The molecule has 0 heterocycles. The minimum absolute atomic E-state index is 0.415. The molecule has 1 amide bonds. The second-order valence-electron chi connectivity index (χ2n) is 5.61. The van der Waals surface area contributed by atoms with Crippen molar-refractivity contribution in [3.05, 3.63) is 64.7 Å². The van der Waals surface area contributed by atoms with Crippen molar-refractivity contribution < 1.29 is 14.3 Å². The molecule has 0 saturated heterocycles. The molecule has 0 radical (unpaired) electrons. The minimum Gasteiger partial charge on any atom is -0.449 e. The van der Waals surface area contributed by atoms with E-state index in [1.807, 2.05) is 26.0 Å². The number of carbonyl (C=O) groups is 2. The number of anilines is 1. The lowest BCUT2D eigenvalue weighted by Crippen LogP contribution is -2.30. The highest BCUT2D eigenvalue weighted by Gasteiger charge is 2.19. The Morgan fingerprint density at radius 2 is 1.79 bits per heavy atom. The highest BCUT2D eigenvalue weighted by atomic mass is 16.5. The van der Waals surface area contributed by atoms with Crippen molar-refractivity contribution in [3.8, 4) is 6.07 Å². The smallest absolute Gasteiger partial charge is 0.338 e. The van der Waals surface area contributed by atoms with Crippen molar-refractivity contribution >= 4 is 17.6 Å². The zero-order valence-corrected chi connectivity index (χ0v) is 13.8. The minimum atomic E-state index is -0.955. The summed E-state index contributed by atoms with van der Waals surface area (Å²) < 4.78 is 5.22. The molecule has 2 aromatic carbocycles. The van der Waals surface area contributed by atoms with Crippen LogP contribution in [0.5, 0.6) is 0 Å². The Bertz CT molecular complexity index is 801. The van der Waals surface area contributed by atoms with Crippen molar-refractivity contribution in [2.24, 2.45) is 0 Å².